The number of hydrogen-bond acceptors (Lipinski definition) is 5. The summed E-state index contributed by atoms with van der Waals surface area (Å²) in [5.74, 6) is -0.0789. The van der Waals surface area contributed by atoms with Gasteiger partial charge in [-0.15, -0.1) is 0 Å². The Morgan fingerprint density at radius 3 is 2.32 bits per heavy atom. The van der Waals surface area contributed by atoms with Crippen LogP contribution >= 0.6 is 31.9 Å². The Balaban J connectivity index is 2.41. The number of halogens is 2. The molecule has 2 unspecified atom stereocenters. The molecule has 0 saturated heterocycles. The highest BCUT2D eigenvalue weighted by atomic mass is 79.9. The first-order chi connectivity index (χ1) is 11.5. The number of aryl methyl sites for hydroxylation is 1. The van der Waals surface area contributed by atoms with Crippen LogP contribution in [0.25, 0.3) is 0 Å². The number of benzene rings is 1. The first-order valence-electron chi connectivity index (χ1n) is 7.64. The molecule has 0 saturated carbocycles. The van der Waals surface area contributed by atoms with Gasteiger partial charge in [0, 0.05) is 5.57 Å². The number of ketones is 1. The van der Waals surface area contributed by atoms with E-state index in [-0.39, 0.29) is 16.6 Å². The van der Waals surface area contributed by atoms with E-state index in [0.29, 0.717) is 11.3 Å². The fourth-order valence-corrected chi connectivity index (χ4v) is 3.91. The van der Waals surface area contributed by atoms with E-state index < -0.39 is 19.3 Å². The van der Waals surface area contributed by atoms with E-state index >= 15 is 0 Å². The summed E-state index contributed by atoms with van der Waals surface area (Å²) in [7, 11) is -4.03. The van der Waals surface area contributed by atoms with Gasteiger partial charge in [-0.2, -0.15) is 8.42 Å². The molecule has 0 fully saturated rings. The second kappa shape index (κ2) is 7.32. The number of carbonyl (C=O) groups is 1. The van der Waals surface area contributed by atoms with Gasteiger partial charge in [0.25, 0.3) is 0 Å². The van der Waals surface area contributed by atoms with E-state index in [0.717, 1.165) is 5.56 Å². The minimum atomic E-state index is -4.03. The molecule has 0 N–H and O–H groups in total. The Bertz CT molecular complexity index is 840. The number of hydrogen-bond donors (Lipinski definition) is 0. The third kappa shape index (κ3) is 4.23. The minimum Gasteiger partial charge on any atom is -0.293 e. The van der Waals surface area contributed by atoms with Crippen LogP contribution in [0.15, 0.2) is 46.0 Å². The third-order valence-corrected chi connectivity index (χ3v) is 7.88. The van der Waals surface area contributed by atoms with Gasteiger partial charge in [0.15, 0.2) is 5.78 Å². The van der Waals surface area contributed by atoms with Crippen molar-refractivity contribution in [3.63, 3.8) is 0 Å². The van der Waals surface area contributed by atoms with Crippen LogP contribution in [0.4, 0.5) is 0 Å². The molecule has 0 spiro atoms. The fraction of sp³-hybridized carbons (Fsp3) is 0.412. The Morgan fingerprint density at radius 1 is 1.24 bits per heavy atom. The molecule has 0 aromatic heterocycles. The summed E-state index contributed by atoms with van der Waals surface area (Å²) in [5.41, 5.74) is 1.83. The number of allylic oxidation sites excluding steroid dienone is 2. The number of Topliss-reactive ketones (excluding diaryl/α,β-unsaturated/α-hetero) is 1. The van der Waals surface area contributed by atoms with Crippen molar-refractivity contribution >= 4 is 53.5 Å². The summed E-state index contributed by atoms with van der Waals surface area (Å²) in [6.45, 7) is 7.38. The highest BCUT2D eigenvalue weighted by Crippen LogP contribution is 2.38. The zero-order valence-corrected chi connectivity index (χ0v) is 18.3. The molecule has 5 nitrogen and oxygen atoms in total. The topological polar surface area (TPSA) is 72.8 Å². The van der Waals surface area contributed by atoms with Gasteiger partial charge >= 0.3 is 10.1 Å². The molecule has 2 rings (SSSR count). The maximum Gasteiger partial charge on any atom is 0.358 e. The quantitative estimate of drug-likeness (QED) is 0.467. The molecule has 0 heterocycles. The van der Waals surface area contributed by atoms with Crippen molar-refractivity contribution in [1.29, 1.82) is 0 Å². The Kier molecular flexibility index (Phi) is 5.95. The summed E-state index contributed by atoms with van der Waals surface area (Å²) < 4.78 is 28.6. The lowest BCUT2D eigenvalue weighted by Gasteiger charge is -2.33. The van der Waals surface area contributed by atoms with Crippen molar-refractivity contribution in [2.24, 2.45) is 11.1 Å². The SMILES string of the molecule is Cc1ccc(S(=O)(=O)O/N=C2\C=C(C(C)C)C(=O)C(Br)C2(C)Br)cc1. The highest BCUT2D eigenvalue weighted by Gasteiger charge is 2.45. The zero-order chi connectivity index (χ0) is 19.0. The van der Waals surface area contributed by atoms with E-state index in [1.165, 1.54) is 12.1 Å². The lowest BCUT2D eigenvalue weighted by molar-refractivity contribution is -0.115. The molecular formula is C17H19Br2NO4S. The van der Waals surface area contributed by atoms with E-state index in [4.69, 9.17) is 4.28 Å². The molecule has 0 radical (unpaired) electrons. The fourth-order valence-electron chi connectivity index (χ4n) is 2.29. The van der Waals surface area contributed by atoms with Crippen molar-refractivity contribution in [3.8, 4) is 0 Å². The van der Waals surface area contributed by atoms with Gasteiger partial charge in [-0.05, 0) is 38.0 Å². The summed E-state index contributed by atoms with van der Waals surface area (Å²) in [5, 5.41) is 3.85. The summed E-state index contributed by atoms with van der Waals surface area (Å²) >= 11 is 6.83. The number of nitrogens with zero attached hydrogens (tertiary/aromatic N) is 1. The predicted molar refractivity (Wildman–Crippen MR) is 105 cm³/mol. The summed E-state index contributed by atoms with van der Waals surface area (Å²) in [4.78, 5) is 11.9. The average Bonchev–Trinajstić information content (AvgIpc) is 2.52. The molecule has 25 heavy (non-hydrogen) atoms. The van der Waals surface area contributed by atoms with Gasteiger partial charge < -0.3 is 0 Å². The average molecular weight is 493 g/mol. The molecule has 136 valence electrons. The Morgan fingerprint density at radius 2 is 1.80 bits per heavy atom. The molecule has 1 aliphatic rings. The third-order valence-electron chi connectivity index (χ3n) is 3.95. The first kappa shape index (κ1) is 20.3. The van der Waals surface area contributed by atoms with Gasteiger partial charge in [-0.1, -0.05) is 68.6 Å². The molecule has 1 aromatic rings. The Hall–Kier alpha value is -0.990. The molecule has 1 aliphatic carbocycles. The van der Waals surface area contributed by atoms with Gasteiger partial charge in [0.1, 0.15) is 4.90 Å². The largest absolute Gasteiger partial charge is 0.358 e. The van der Waals surface area contributed by atoms with Crippen LogP contribution in [-0.2, 0) is 19.2 Å². The van der Waals surface area contributed by atoms with Crippen molar-refractivity contribution in [3.05, 3.63) is 41.5 Å². The lowest BCUT2D eigenvalue weighted by Crippen LogP contribution is -2.46. The summed E-state index contributed by atoms with van der Waals surface area (Å²) in [6, 6.07) is 6.29. The van der Waals surface area contributed by atoms with Crippen molar-refractivity contribution < 1.29 is 17.5 Å². The maximum absolute atomic E-state index is 12.4. The van der Waals surface area contributed by atoms with Crippen LogP contribution in [0.2, 0.25) is 0 Å². The normalized spacial score (nSPS) is 26.0. The van der Waals surface area contributed by atoms with Crippen LogP contribution in [0.5, 0.6) is 0 Å². The number of carbonyl (C=O) groups excluding carboxylic acids is 1. The standard InChI is InChI=1S/C17H19Br2NO4S/c1-10(2)13-9-14(17(4,19)16(18)15(13)21)20-24-25(22,23)12-7-5-11(3)6-8-12/h5-10,16H,1-4H3/b20-14+. The number of oxime groups is 1. The zero-order valence-electron chi connectivity index (χ0n) is 14.3. The van der Waals surface area contributed by atoms with Crippen molar-refractivity contribution in [1.82, 2.24) is 0 Å². The minimum absolute atomic E-state index is 0.0185. The summed E-state index contributed by atoms with van der Waals surface area (Å²) in [6.07, 6.45) is 1.59. The second-order valence-corrected chi connectivity index (χ2v) is 10.5. The van der Waals surface area contributed by atoms with Gasteiger partial charge in [0.05, 0.1) is 14.9 Å². The van der Waals surface area contributed by atoms with E-state index in [1.807, 2.05) is 20.8 Å². The first-order valence-corrected chi connectivity index (χ1v) is 10.8. The van der Waals surface area contributed by atoms with Crippen LogP contribution in [0, 0.1) is 12.8 Å². The monoisotopic (exact) mass is 491 g/mol. The van der Waals surface area contributed by atoms with E-state index in [1.54, 1.807) is 25.1 Å². The van der Waals surface area contributed by atoms with Crippen LogP contribution < -0.4 is 0 Å². The Labute approximate surface area is 164 Å². The molecular weight excluding hydrogens is 474 g/mol. The lowest BCUT2D eigenvalue weighted by atomic mass is 9.83. The van der Waals surface area contributed by atoms with Gasteiger partial charge in [-0.25, -0.2) is 0 Å². The van der Waals surface area contributed by atoms with Crippen LogP contribution in [-0.4, -0.2) is 29.1 Å². The van der Waals surface area contributed by atoms with Gasteiger partial charge in [-0.3, -0.25) is 9.08 Å². The second-order valence-electron chi connectivity index (χ2n) is 6.38. The molecule has 0 amide bonds. The van der Waals surface area contributed by atoms with E-state index in [2.05, 4.69) is 37.0 Å². The maximum atomic E-state index is 12.4. The number of alkyl halides is 2. The molecule has 0 aliphatic heterocycles. The van der Waals surface area contributed by atoms with Crippen molar-refractivity contribution in [2.75, 3.05) is 0 Å². The smallest absolute Gasteiger partial charge is 0.293 e. The van der Waals surface area contributed by atoms with E-state index in [9.17, 15) is 13.2 Å². The molecule has 1 aromatic carbocycles. The van der Waals surface area contributed by atoms with Crippen molar-refractivity contribution in [2.45, 2.75) is 41.7 Å². The highest BCUT2D eigenvalue weighted by molar-refractivity contribution is 9.13. The van der Waals surface area contributed by atoms with Gasteiger partial charge in [0.2, 0.25) is 0 Å². The van der Waals surface area contributed by atoms with Crippen LogP contribution in [0.1, 0.15) is 26.3 Å². The molecule has 0 bridgehead atoms. The number of rotatable bonds is 4. The molecule has 2 atom stereocenters. The molecule has 8 heteroatoms. The van der Waals surface area contributed by atoms with Crippen LogP contribution in [0.3, 0.4) is 0 Å². The predicted octanol–water partition coefficient (Wildman–Crippen LogP) is 4.14.